The lowest BCUT2D eigenvalue weighted by molar-refractivity contribution is 0.190. The Balaban J connectivity index is 2.03. The van der Waals surface area contributed by atoms with Gasteiger partial charge in [0.1, 0.15) is 12.1 Å². The number of ether oxygens (including phenoxy) is 1. The van der Waals surface area contributed by atoms with Crippen molar-refractivity contribution >= 4 is 11.6 Å². The lowest BCUT2D eigenvalue weighted by Crippen LogP contribution is -2.22. The van der Waals surface area contributed by atoms with Gasteiger partial charge in [-0.1, -0.05) is 30.3 Å². The maximum Gasteiger partial charge on any atom is 0.254 e. The SMILES string of the molecule is COCC(C)Nc1cc(-c2ccccc2)nc2ncnn12. The van der Waals surface area contributed by atoms with Crippen molar-refractivity contribution in [1.82, 2.24) is 19.6 Å². The molecule has 0 bridgehead atoms. The first-order valence-corrected chi connectivity index (χ1v) is 6.79. The molecule has 1 atom stereocenters. The minimum atomic E-state index is 0.161. The minimum absolute atomic E-state index is 0.161. The van der Waals surface area contributed by atoms with Crippen LogP contribution in [0, 0.1) is 0 Å². The van der Waals surface area contributed by atoms with E-state index in [9.17, 15) is 0 Å². The molecule has 0 fully saturated rings. The summed E-state index contributed by atoms with van der Waals surface area (Å²) in [7, 11) is 1.69. The second-order valence-electron chi connectivity index (χ2n) is 4.87. The largest absolute Gasteiger partial charge is 0.383 e. The van der Waals surface area contributed by atoms with Gasteiger partial charge < -0.3 is 10.1 Å². The molecular formula is C15H17N5O. The van der Waals surface area contributed by atoms with Crippen LogP contribution < -0.4 is 5.32 Å². The normalized spacial score (nSPS) is 12.5. The van der Waals surface area contributed by atoms with Crippen molar-refractivity contribution in [3.8, 4) is 11.3 Å². The van der Waals surface area contributed by atoms with Crippen LogP contribution in [0.25, 0.3) is 17.0 Å². The molecule has 0 aliphatic carbocycles. The number of benzene rings is 1. The highest BCUT2D eigenvalue weighted by Gasteiger charge is 2.11. The second-order valence-corrected chi connectivity index (χ2v) is 4.87. The van der Waals surface area contributed by atoms with Gasteiger partial charge in [0.2, 0.25) is 0 Å². The first kappa shape index (κ1) is 13.5. The highest BCUT2D eigenvalue weighted by atomic mass is 16.5. The fourth-order valence-corrected chi connectivity index (χ4v) is 2.22. The summed E-state index contributed by atoms with van der Waals surface area (Å²) in [5.41, 5.74) is 1.91. The van der Waals surface area contributed by atoms with Crippen LogP contribution in [0.3, 0.4) is 0 Å². The number of rotatable bonds is 5. The summed E-state index contributed by atoms with van der Waals surface area (Å²) in [5.74, 6) is 1.42. The van der Waals surface area contributed by atoms with E-state index in [1.165, 1.54) is 6.33 Å². The first-order valence-electron chi connectivity index (χ1n) is 6.79. The van der Waals surface area contributed by atoms with Crippen molar-refractivity contribution < 1.29 is 4.74 Å². The van der Waals surface area contributed by atoms with Gasteiger partial charge in [-0.2, -0.15) is 14.6 Å². The molecule has 108 valence electrons. The highest BCUT2D eigenvalue weighted by molar-refractivity contribution is 5.65. The molecule has 0 saturated heterocycles. The fraction of sp³-hybridized carbons (Fsp3) is 0.267. The Morgan fingerprint density at radius 1 is 1.29 bits per heavy atom. The predicted molar refractivity (Wildman–Crippen MR) is 81.2 cm³/mol. The molecule has 0 aliphatic rings. The first-order chi connectivity index (χ1) is 10.3. The zero-order valence-electron chi connectivity index (χ0n) is 12.0. The third-order valence-corrected chi connectivity index (χ3v) is 3.13. The van der Waals surface area contributed by atoms with E-state index in [0.717, 1.165) is 17.1 Å². The van der Waals surface area contributed by atoms with Gasteiger partial charge >= 0.3 is 0 Å². The van der Waals surface area contributed by atoms with Gasteiger partial charge in [-0.15, -0.1) is 0 Å². The van der Waals surface area contributed by atoms with Crippen molar-refractivity contribution in [2.75, 3.05) is 19.0 Å². The molecule has 0 amide bonds. The zero-order chi connectivity index (χ0) is 14.7. The summed E-state index contributed by atoms with van der Waals surface area (Å²) in [6.07, 6.45) is 1.50. The Labute approximate surface area is 122 Å². The van der Waals surface area contributed by atoms with Gasteiger partial charge in [-0.25, -0.2) is 4.98 Å². The van der Waals surface area contributed by atoms with Crippen LogP contribution in [0.15, 0.2) is 42.7 Å². The minimum Gasteiger partial charge on any atom is -0.383 e. The predicted octanol–water partition coefficient (Wildman–Crippen LogP) is 2.24. The number of methoxy groups -OCH3 is 1. The summed E-state index contributed by atoms with van der Waals surface area (Å²) in [4.78, 5) is 8.73. The monoisotopic (exact) mass is 283 g/mol. The van der Waals surface area contributed by atoms with E-state index in [1.54, 1.807) is 11.6 Å². The fourth-order valence-electron chi connectivity index (χ4n) is 2.22. The van der Waals surface area contributed by atoms with Crippen molar-refractivity contribution in [2.45, 2.75) is 13.0 Å². The van der Waals surface area contributed by atoms with Gasteiger partial charge in [-0.3, -0.25) is 0 Å². The van der Waals surface area contributed by atoms with Crippen molar-refractivity contribution in [2.24, 2.45) is 0 Å². The molecule has 6 nitrogen and oxygen atoms in total. The van der Waals surface area contributed by atoms with Crippen molar-refractivity contribution in [1.29, 1.82) is 0 Å². The zero-order valence-corrected chi connectivity index (χ0v) is 12.0. The van der Waals surface area contributed by atoms with Crippen LogP contribution in [0.5, 0.6) is 0 Å². The van der Waals surface area contributed by atoms with Crippen molar-refractivity contribution in [3.63, 3.8) is 0 Å². The van der Waals surface area contributed by atoms with Gasteiger partial charge in [0.05, 0.1) is 12.3 Å². The molecule has 0 spiro atoms. The molecule has 0 aliphatic heterocycles. The standard InChI is InChI=1S/C15H17N5O/c1-11(9-21-2)18-14-8-13(12-6-4-3-5-7-12)19-15-16-10-17-20(14)15/h3-8,10-11,18H,9H2,1-2H3. The molecule has 2 aromatic heterocycles. The highest BCUT2D eigenvalue weighted by Crippen LogP contribution is 2.21. The van der Waals surface area contributed by atoms with Crippen LogP contribution in [0.4, 0.5) is 5.82 Å². The molecule has 2 heterocycles. The van der Waals surface area contributed by atoms with Gasteiger partial charge in [-0.05, 0) is 6.92 Å². The summed E-state index contributed by atoms with van der Waals surface area (Å²) in [5, 5.41) is 7.58. The molecule has 3 aromatic rings. The van der Waals surface area contributed by atoms with E-state index in [1.807, 2.05) is 36.4 Å². The Bertz CT molecular complexity index is 725. The number of hydrogen-bond donors (Lipinski definition) is 1. The molecule has 1 aromatic carbocycles. The summed E-state index contributed by atoms with van der Waals surface area (Å²) in [6, 6.07) is 12.2. The number of nitrogens with one attached hydrogen (secondary N) is 1. The number of aromatic nitrogens is 4. The molecule has 3 rings (SSSR count). The smallest absolute Gasteiger partial charge is 0.254 e. The van der Waals surface area contributed by atoms with E-state index in [4.69, 9.17) is 4.74 Å². The van der Waals surface area contributed by atoms with E-state index in [2.05, 4.69) is 27.3 Å². The molecule has 0 radical (unpaired) electrons. The summed E-state index contributed by atoms with van der Waals surface area (Å²) >= 11 is 0. The van der Waals surface area contributed by atoms with E-state index in [-0.39, 0.29) is 6.04 Å². The second kappa shape index (κ2) is 5.88. The van der Waals surface area contributed by atoms with Crippen LogP contribution >= 0.6 is 0 Å². The average Bonchev–Trinajstić information content (AvgIpc) is 2.97. The Kier molecular flexibility index (Phi) is 3.79. The van der Waals surface area contributed by atoms with Crippen LogP contribution in [-0.2, 0) is 4.74 Å². The van der Waals surface area contributed by atoms with Crippen molar-refractivity contribution in [3.05, 3.63) is 42.7 Å². The molecule has 1 unspecified atom stereocenters. The van der Waals surface area contributed by atoms with E-state index >= 15 is 0 Å². The van der Waals surface area contributed by atoms with Crippen LogP contribution in [0.2, 0.25) is 0 Å². The summed E-state index contributed by atoms with van der Waals surface area (Å²) < 4.78 is 6.85. The van der Waals surface area contributed by atoms with Gasteiger partial charge in [0.25, 0.3) is 5.78 Å². The van der Waals surface area contributed by atoms with E-state index in [0.29, 0.717) is 12.4 Å². The average molecular weight is 283 g/mol. The molecular weight excluding hydrogens is 266 g/mol. The number of fused-ring (bicyclic) bond motifs is 1. The Morgan fingerprint density at radius 3 is 2.86 bits per heavy atom. The maximum atomic E-state index is 5.16. The Hall–Kier alpha value is -2.47. The lowest BCUT2D eigenvalue weighted by Gasteiger charge is -2.15. The third kappa shape index (κ3) is 2.85. The Morgan fingerprint density at radius 2 is 2.10 bits per heavy atom. The number of anilines is 1. The maximum absolute atomic E-state index is 5.16. The topological polar surface area (TPSA) is 64.3 Å². The van der Waals surface area contributed by atoms with Gasteiger partial charge in [0, 0.05) is 24.8 Å². The number of nitrogens with zero attached hydrogens (tertiary/aromatic N) is 4. The quantitative estimate of drug-likeness (QED) is 0.778. The molecule has 21 heavy (non-hydrogen) atoms. The molecule has 6 heteroatoms. The van der Waals surface area contributed by atoms with Gasteiger partial charge in [0.15, 0.2) is 0 Å². The lowest BCUT2D eigenvalue weighted by atomic mass is 10.1. The molecule has 0 saturated carbocycles. The van der Waals surface area contributed by atoms with Crippen LogP contribution in [0.1, 0.15) is 6.92 Å². The molecule has 1 N–H and O–H groups in total. The summed E-state index contributed by atoms with van der Waals surface area (Å²) in [6.45, 7) is 2.66. The van der Waals surface area contributed by atoms with Crippen LogP contribution in [-0.4, -0.2) is 39.3 Å². The van der Waals surface area contributed by atoms with E-state index < -0.39 is 0 Å². The third-order valence-electron chi connectivity index (χ3n) is 3.13. The number of hydrogen-bond acceptors (Lipinski definition) is 5.